The van der Waals surface area contributed by atoms with E-state index >= 15 is 0 Å². The maximum Gasteiger partial charge on any atom is 0.272 e. The zero-order valence-corrected chi connectivity index (χ0v) is 24.3. The van der Waals surface area contributed by atoms with Crippen molar-refractivity contribution in [2.24, 2.45) is 0 Å². The van der Waals surface area contributed by atoms with Gasteiger partial charge in [0.05, 0.1) is 11.4 Å². The molecule has 0 atom stereocenters. The van der Waals surface area contributed by atoms with Crippen LogP contribution in [-0.4, -0.2) is 28.5 Å². The number of thioether (sulfide) groups is 1. The number of benzene rings is 4. The van der Waals surface area contributed by atoms with Gasteiger partial charge in [-0.2, -0.15) is 0 Å². The van der Waals surface area contributed by atoms with Gasteiger partial charge in [0.1, 0.15) is 11.5 Å². The Morgan fingerprint density at radius 1 is 0.814 bits per heavy atom. The topological polar surface area (TPSA) is 100 Å². The van der Waals surface area contributed by atoms with Crippen LogP contribution < -0.4 is 16.0 Å². The smallest absolute Gasteiger partial charge is 0.272 e. The summed E-state index contributed by atoms with van der Waals surface area (Å²) in [4.78, 5) is 43.8. The van der Waals surface area contributed by atoms with Crippen LogP contribution in [0, 0.1) is 5.82 Å². The summed E-state index contributed by atoms with van der Waals surface area (Å²) in [5, 5.41) is 10.7. The summed E-state index contributed by atoms with van der Waals surface area (Å²) in [6, 6.07) is 30.8. The molecule has 0 bridgehead atoms. The van der Waals surface area contributed by atoms with Crippen molar-refractivity contribution in [2.75, 3.05) is 16.4 Å². The Bertz CT molecular complexity index is 1740. The van der Waals surface area contributed by atoms with Crippen LogP contribution in [0.4, 0.5) is 15.2 Å². The Balaban J connectivity index is 1.18. The maximum absolute atomic E-state index is 13.4. The molecule has 3 N–H and O–H groups in total. The molecule has 4 aromatic carbocycles. The zero-order valence-electron chi connectivity index (χ0n) is 22.6. The Labute approximate surface area is 255 Å². The first-order valence-corrected chi connectivity index (χ1v) is 15.0. The Kier molecular flexibility index (Phi) is 9.73. The summed E-state index contributed by atoms with van der Waals surface area (Å²) >= 11 is 2.71. The molecule has 0 aliphatic heterocycles. The molecule has 43 heavy (non-hydrogen) atoms. The van der Waals surface area contributed by atoms with Gasteiger partial charge in [0, 0.05) is 27.1 Å². The van der Waals surface area contributed by atoms with E-state index in [0.717, 1.165) is 16.2 Å². The van der Waals surface area contributed by atoms with E-state index in [1.165, 1.54) is 53.4 Å². The summed E-state index contributed by atoms with van der Waals surface area (Å²) in [5.41, 5.74) is 3.21. The normalized spacial score (nSPS) is 11.0. The van der Waals surface area contributed by atoms with Gasteiger partial charge in [0.25, 0.3) is 11.8 Å². The second-order valence-corrected chi connectivity index (χ2v) is 11.1. The van der Waals surface area contributed by atoms with Crippen LogP contribution in [0.15, 0.2) is 125 Å². The molecule has 0 saturated carbocycles. The molecule has 3 amide bonds. The SMILES string of the molecule is O=C(CSc1ccc(NC(=O)/C(=C/c2ccc(F)cc2)NC(=O)c2ccccc2)cc1)Nc1nc(-c2ccccc2)cs1. The molecule has 0 fully saturated rings. The highest BCUT2D eigenvalue weighted by molar-refractivity contribution is 8.00. The van der Waals surface area contributed by atoms with E-state index in [4.69, 9.17) is 0 Å². The minimum atomic E-state index is -0.549. The Morgan fingerprint density at radius 2 is 1.49 bits per heavy atom. The minimum Gasteiger partial charge on any atom is -0.321 e. The highest BCUT2D eigenvalue weighted by Crippen LogP contribution is 2.26. The Hall–Kier alpha value is -5.06. The van der Waals surface area contributed by atoms with Crippen molar-refractivity contribution in [1.82, 2.24) is 10.3 Å². The maximum atomic E-state index is 13.4. The van der Waals surface area contributed by atoms with Gasteiger partial charge in [-0.05, 0) is 60.2 Å². The van der Waals surface area contributed by atoms with Gasteiger partial charge in [0.15, 0.2) is 5.13 Å². The monoisotopic (exact) mass is 608 g/mol. The van der Waals surface area contributed by atoms with Gasteiger partial charge in [0.2, 0.25) is 5.91 Å². The summed E-state index contributed by atoms with van der Waals surface area (Å²) < 4.78 is 13.4. The average Bonchev–Trinajstić information content (AvgIpc) is 3.50. The lowest BCUT2D eigenvalue weighted by atomic mass is 10.1. The second kappa shape index (κ2) is 14.2. The van der Waals surface area contributed by atoms with Crippen molar-refractivity contribution in [3.05, 3.63) is 137 Å². The minimum absolute atomic E-state index is 0.00630. The molecule has 5 aromatic rings. The standard InChI is InChI=1S/C33H25FN4O3S2/c34-25-13-11-22(12-14-25)19-28(36-31(40)24-9-5-2-6-10-24)32(41)35-26-15-17-27(18-16-26)42-21-30(39)38-33-37-29(20-43-33)23-7-3-1-4-8-23/h1-20H,21H2,(H,35,41)(H,36,40)(H,37,38,39)/b28-19-. The predicted molar refractivity (Wildman–Crippen MR) is 170 cm³/mol. The molecule has 0 unspecified atom stereocenters. The molecule has 0 aliphatic rings. The molecule has 0 radical (unpaired) electrons. The second-order valence-electron chi connectivity index (χ2n) is 9.15. The van der Waals surface area contributed by atoms with E-state index in [2.05, 4.69) is 20.9 Å². The Morgan fingerprint density at radius 3 is 2.19 bits per heavy atom. The number of carbonyl (C=O) groups is 3. The molecule has 0 spiro atoms. The quantitative estimate of drug-likeness (QED) is 0.116. The van der Waals surface area contributed by atoms with Crippen molar-refractivity contribution < 1.29 is 18.8 Å². The van der Waals surface area contributed by atoms with Crippen LogP contribution in [0.1, 0.15) is 15.9 Å². The first-order chi connectivity index (χ1) is 20.9. The van der Waals surface area contributed by atoms with Crippen LogP contribution >= 0.6 is 23.1 Å². The van der Waals surface area contributed by atoms with Gasteiger partial charge in [-0.15, -0.1) is 23.1 Å². The third-order valence-electron chi connectivity index (χ3n) is 6.01. The van der Waals surface area contributed by atoms with E-state index in [1.807, 2.05) is 35.7 Å². The van der Waals surface area contributed by atoms with Crippen molar-refractivity contribution >= 4 is 57.7 Å². The third-order valence-corrected chi connectivity index (χ3v) is 7.78. The number of thiazole rings is 1. The lowest BCUT2D eigenvalue weighted by Crippen LogP contribution is -2.30. The molecule has 7 nitrogen and oxygen atoms in total. The predicted octanol–water partition coefficient (Wildman–Crippen LogP) is 7.09. The molecular formula is C33H25FN4O3S2. The highest BCUT2D eigenvalue weighted by atomic mass is 32.2. The average molecular weight is 609 g/mol. The highest BCUT2D eigenvalue weighted by Gasteiger charge is 2.15. The molecule has 214 valence electrons. The molecular weight excluding hydrogens is 584 g/mol. The van der Waals surface area contributed by atoms with Crippen LogP contribution in [-0.2, 0) is 9.59 Å². The van der Waals surface area contributed by atoms with Gasteiger partial charge in [-0.3, -0.25) is 14.4 Å². The summed E-state index contributed by atoms with van der Waals surface area (Å²) in [5.74, 6) is -1.41. The van der Waals surface area contributed by atoms with Gasteiger partial charge >= 0.3 is 0 Å². The zero-order chi connectivity index (χ0) is 30.0. The molecule has 1 aromatic heterocycles. The van der Waals surface area contributed by atoms with E-state index in [0.29, 0.717) is 21.9 Å². The fourth-order valence-corrected chi connectivity index (χ4v) is 5.31. The van der Waals surface area contributed by atoms with Crippen molar-refractivity contribution in [3.63, 3.8) is 0 Å². The number of hydrogen-bond donors (Lipinski definition) is 3. The summed E-state index contributed by atoms with van der Waals surface area (Å²) in [6.07, 6.45) is 1.48. The largest absolute Gasteiger partial charge is 0.321 e. The van der Waals surface area contributed by atoms with Gasteiger partial charge < -0.3 is 16.0 Å². The summed E-state index contributed by atoms with van der Waals surface area (Å²) in [7, 11) is 0. The lowest BCUT2D eigenvalue weighted by Gasteiger charge is -2.12. The molecule has 5 rings (SSSR count). The molecule has 10 heteroatoms. The summed E-state index contributed by atoms with van der Waals surface area (Å²) in [6.45, 7) is 0. The van der Waals surface area contributed by atoms with Gasteiger partial charge in [-0.25, -0.2) is 9.37 Å². The first kappa shape index (κ1) is 29.4. The first-order valence-electron chi connectivity index (χ1n) is 13.1. The van der Waals surface area contributed by atoms with Crippen molar-refractivity contribution in [3.8, 4) is 11.3 Å². The fourth-order valence-electron chi connectivity index (χ4n) is 3.88. The van der Waals surface area contributed by atoms with Crippen LogP contribution in [0.3, 0.4) is 0 Å². The van der Waals surface area contributed by atoms with E-state index in [9.17, 15) is 18.8 Å². The van der Waals surface area contributed by atoms with E-state index in [-0.39, 0.29) is 17.4 Å². The number of carbonyl (C=O) groups excluding carboxylic acids is 3. The van der Waals surface area contributed by atoms with Crippen LogP contribution in [0.5, 0.6) is 0 Å². The number of nitrogens with one attached hydrogen (secondary N) is 3. The van der Waals surface area contributed by atoms with Crippen molar-refractivity contribution in [1.29, 1.82) is 0 Å². The lowest BCUT2D eigenvalue weighted by molar-refractivity contribution is -0.114. The van der Waals surface area contributed by atoms with Crippen LogP contribution in [0.25, 0.3) is 17.3 Å². The molecule has 0 aliphatic carbocycles. The van der Waals surface area contributed by atoms with E-state index in [1.54, 1.807) is 54.6 Å². The number of rotatable bonds is 10. The number of amides is 3. The number of anilines is 2. The van der Waals surface area contributed by atoms with Gasteiger partial charge in [-0.1, -0.05) is 60.7 Å². The third kappa shape index (κ3) is 8.48. The number of halogens is 1. The number of aromatic nitrogens is 1. The fraction of sp³-hybridized carbons (Fsp3) is 0.0303. The molecule has 0 saturated heterocycles. The van der Waals surface area contributed by atoms with Crippen molar-refractivity contribution in [2.45, 2.75) is 4.90 Å². The van der Waals surface area contributed by atoms with E-state index < -0.39 is 17.6 Å². The number of hydrogen-bond acceptors (Lipinski definition) is 6. The van der Waals surface area contributed by atoms with Crippen LogP contribution in [0.2, 0.25) is 0 Å². The number of nitrogens with zero attached hydrogens (tertiary/aromatic N) is 1. The molecule has 1 heterocycles.